The molecule has 0 saturated heterocycles. The predicted octanol–water partition coefficient (Wildman–Crippen LogP) is 3.87. The van der Waals surface area contributed by atoms with Crippen molar-refractivity contribution in [3.63, 3.8) is 0 Å². The maximum Gasteiger partial charge on any atom is 0.264 e. The third kappa shape index (κ3) is 3.53. The van der Waals surface area contributed by atoms with Crippen molar-refractivity contribution < 1.29 is 17.2 Å². The lowest BCUT2D eigenvalue weighted by Gasteiger charge is -2.13. The van der Waals surface area contributed by atoms with E-state index in [1.807, 2.05) is 0 Å². The molecule has 0 bridgehead atoms. The highest BCUT2D eigenvalue weighted by Gasteiger charge is 2.22. The number of anilines is 2. The third-order valence-corrected chi connectivity index (χ3v) is 5.12. The molecule has 0 radical (unpaired) electrons. The molecule has 4 nitrogen and oxygen atoms in total. The van der Waals surface area contributed by atoms with Crippen molar-refractivity contribution in [3.8, 4) is 0 Å². The van der Waals surface area contributed by atoms with Crippen LogP contribution in [0.3, 0.4) is 0 Å². The molecular weight excluding hydrogens is 434 g/mol. The molecule has 0 unspecified atom stereocenters. The van der Waals surface area contributed by atoms with Crippen molar-refractivity contribution in [1.82, 2.24) is 0 Å². The molecule has 21 heavy (non-hydrogen) atoms. The number of hydrogen-bond donors (Lipinski definition) is 2. The van der Waals surface area contributed by atoms with Crippen LogP contribution in [0.5, 0.6) is 0 Å². The van der Waals surface area contributed by atoms with E-state index < -0.39 is 26.6 Å². The summed E-state index contributed by atoms with van der Waals surface area (Å²) in [6, 6.07) is 5.20. The van der Waals surface area contributed by atoms with E-state index >= 15 is 0 Å². The lowest BCUT2D eigenvalue weighted by molar-refractivity contribution is 0.551. The van der Waals surface area contributed by atoms with Gasteiger partial charge in [-0.15, -0.1) is 0 Å². The van der Waals surface area contributed by atoms with E-state index in [0.717, 1.165) is 12.1 Å². The zero-order valence-electron chi connectivity index (χ0n) is 10.2. The third-order valence-electron chi connectivity index (χ3n) is 2.48. The van der Waals surface area contributed by atoms with Crippen LogP contribution in [-0.2, 0) is 10.0 Å². The normalized spacial score (nSPS) is 11.4. The van der Waals surface area contributed by atoms with Crippen LogP contribution in [0.1, 0.15) is 0 Å². The van der Waals surface area contributed by atoms with Gasteiger partial charge in [-0.3, -0.25) is 4.72 Å². The molecule has 0 amide bonds. The van der Waals surface area contributed by atoms with E-state index in [9.17, 15) is 17.2 Å². The number of hydrogen-bond acceptors (Lipinski definition) is 3. The number of nitrogens with one attached hydrogen (secondary N) is 1. The highest BCUT2D eigenvalue weighted by Crippen LogP contribution is 2.35. The Morgan fingerprint density at radius 1 is 1.05 bits per heavy atom. The van der Waals surface area contributed by atoms with E-state index in [2.05, 4.69) is 36.6 Å². The molecule has 0 aromatic heterocycles. The molecule has 0 heterocycles. The van der Waals surface area contributed by atoms with Crippen LogP contribution in [0.4, 0.5) is 20.2 Å². The summed E-state index contributed by atoms with van der Waals surface area (Å²) in [4.78, 5) is -0.653. The molecule has 0 aliphatic rings. The molecule has 2 rings (SSSR count). The Hall–Kier alpha value is -1.19. The summed E-state index contributed by atoms with van der Waals surface area (Å²) in [5.74, 6) is -2.04. The van der Waals surface area contributed by atoms with Gasteiger partial charge in [0.2, 0.25) is 0 Å². The van der Waals surface area contributed by atoms with Gasteiger partial charge in [-0.2, -0.15) is 0 Å². The number of nitrogens with two attached hydrogens (primary N) is 1. The average Bonchev–Trinajstić information content (AvgIpc) is 2.33. The van der Waals surface area contributed by atoms with E-state index in [0.29, 0.717) is 20.7 Å². The average molecular weight is 442 g/mol. The van der Waals surface area contributed by atoms with Crippen LogP contribution < -0.4 is 10.5 Å². The van der Waals surface area contributed by atoms with E-state index in [1.165, 1.54) is 12.1 Å². The van der Waals surface area contributed by atoms with Crippen LogP contribution in [0, 0.1) is 11.6 Å². The molecule has 0 spiro atoms. The lowest BCUT2D eigenvalue weighted by Crippen LogP contribution is -2.15. The van der Waals surface area contributed by atoms with Crippen molar-refractivity contribution in [2.24, 2.45) is 0 Å². The molecule has 0 aliphatic heterocycles. The van der Waals surface area contributed by atoms with Gasteiger partial charge in [0.05, 0.1) is 5.69 Å². The highest BCUT2D eigenvalue weighted by atomic mass is 79.9. The van der Waals surface area contributed by atoms with Gasteiger partial charge in [-0.1, -0.05) is 0 Å². The van der Waals surface area contributed by atoms with Crippen molar-refractivity contribution >= 4 is 53.3 Å². The van der Waals surface area contributed by atoms with Gasteiger partial charge in [0.1, 0.15) is 16.5 Å². The molecule has 2 aromatic carbocycles. The fourth-order valence-electron chi connectivity index (χ4n) is 1.57. The summed E-state index contributed by atoms with van der Waals surface area (Å²) in [5.41, 5.74) is 6.17. The number of halogens is 4. The topological polar surface area (TPSA) is 72.2 Å². The summed E-state index contributed by atoms with van der Waals surface area (Å²) >= 11 is 6.33. The van der Waals surface area contributed by atoms with Gasteiger partial charge in [-0.05, 0) is 56.1 Å². The molecule has 0 atom stereocenters. The highest BCUT2D eigenvalue weighted by molar-refractivity contribution is 9.11. The second-order valence-electron chi connectivity index (χ2n) is 4.04. The smallest absolute Gasteiger partial charge is 0.264 e. The first-order valence-corrected chi connectivity index (χ1v) is 8.50. The molecule has 2 aromatic rings. The van der Waals surface area contributed by atoms with Gasteiger partial charge < -0.3 is 5.73 Å². The quantitative estimate of drug-likeness (QED) is 0.710. The first-order chi connectivity index (χ1) is 9.70. The summed E-state index contributed by atoms with van der Waals surface area (Å²) in [6.45, 7) is 0. The van der Waals surface area contributed by atoms with Crippen molar-refractivity contribution in [2.45, 2.75) is 4.90 Å². The van der Waals surface area contributed by atoms with Crippen molar-refractivity contribution in [1.29, 1.82) is 0 Å². The summed E-state index contributed by atoms with van der Waals surface area (Å²) < 4.78 is 53.8. The summed E-state index contributed by atoms with van der Waals surface area (Å²) in [7, 11) is -4.21. The van der Waals surface area contributed by atoms with Crippen LogP contribution in [0.2, 0.25) is 0 Å². The van der Waals surface area contributed by atoms with Gasteiger partial charge in [0.25, 0.3) is 10.0 Å². The Morgan fingerprint density at radius 2 is 1.62 bits per heavy atom. The molecule has 112 valence electrons. The lowest BCUT2D eigenvalue weighted by atomic mass is 10.3. The Morgan fingerprint density at radius 3 is 2.14 bits per heavy atom. The molecule has 0 fully saturated rings. The van der Waals surface area contributed by atoms with Crippen molar-refractivity contribution in [3.05, 3.63) is 50.9 Å². The number of rotatable bonds is 3. The first kappa shape index (κ1) is 16.2. The Labute approximate surface area is 136 Å². The van der Waals surface area contributed by atoms with E-state index in [4.69, 9.17) is 5.73 Å². The number of benzene rings is 2. The minimum absolute atomic E-state index is 0.160. The molecule has 0 aliphatic carbocycles. The zero-order valence-corrected chi connectivity index (χ0v) is 14.2. The van der Waals surface area contributed by atoms with Gasteiger partial charge in [-0.25, -0.2) is 17.2 Å². The van der Waals surface area contributed by atoms with E-state index in [1.54, 1.807) is 0 Å². The van der Waals surface area contributed by atoms with E-state index in [-0.39, 0.29) is 5.69 Å². The zero-order chi connectivity index (χ0) is 15.8. The Kier molecular flexibility index (Phi) is 4.54. The minimum Gasteiger partial charge on any atom is -0.399 e. The standard InChI is InChI=1S/C12H8Br2F2N2O2S/c13-8-4-7(17)5-9(14)12(8)18-21(19,20)11-2-1-6(15)3-10(11)16/h1-5,18H,17H2. The van der Waals surface area contributed by atoms with Gasteiger partial charge in [0.15, 0.2) is 0 Å². The number of nitrogen functional groups attached to an aromatic ring is 1. The first-order valence-electron chi connectivity index (χ1n) is 5.43. The van der Waals surface area contributed by atoms with Gasteiger partial charge >= 0.3 is 0 Å². The second kappa shape index (κ2) is 5.90. The Bertz CT molecular complexity index is 790. The van der Waals surface area contributed by atoms with Crippen LogP contribution in [0.25, 0.3) is 0 Å². The van der Waals surface area contributed by atoms with Crippen LogP contribution in [0.15, 0.2) is 44.2 Å². The largest absolute Gasteiger partial charge is 0.399 e. The maximum absolute atomic E-state index is 13.6. The predicted molar refractivity (Wildman–Crippen MR) is 83.4 cm³/mol. The molecular formula is C12H8Br2F2N2O2S. The maximum atomic E-state index is 13.6. The van der Waals surface area contributed by atoms with Crippen molar-refractivity contribution in [2.75, 3.05) is 10.5 Å². The van der Waals surface area contributed by atoms with Gasteiger partial charge in [0, 0.05) is 20.7 Å². The fourth-order valence-corrected chi connectivity index (χ4v) is 4.42. The Balaban J connectivity index is 2.47. The summed E-state index contributed by atoms with van der Waals surface area (Å²) in [6.07, 6.45) is 0. The summed E-state index contributed by atoms with van der Waals surface area (Å²) in [5, 5.41) is 0. The van der Waals surface area contributed by atoms with Crippen LogP contribution in [-0.4, -0.2) is 8.42 Å². The van der Waals surface area contributed by atoms with Crippen LogP contribution >= 0.6 is 31.9 Å². The SMILES string of the molecule is Nc1cc(Br)c(NS(=O)(=O)c2ccc(F)cc2F)c(Br)c1. The molecule has 3 N–H and O–H groups in total. The second-order valence-corrected chi connectivity index (χ2v) is 7.40. The fraction of sp³-hybridized carbons (Fsp3) is 0. The molecule has 0 saturated carbocycles. The number of sulfonamides is 1. The monoisotopic (exact) mass is 440 g/mol. The molecule has 9 heteroatoms. The minimum atomic E-state index is -4.21.